The molecular formula is C11H10B2FN3O. The average molecular weight is 241 g/mol. The predicted octanol–water partition coefficient (Wildman–Crippen LogP) is -0.774. The Labute approximate surface area is 107 Å². The molecule has 0 aliphatic carbocycles. The molecule has 0 heterocycles. The average Bonchev–Trinajstić information content (AvgIpc) is 2.29. The van der Waals surface area contributed by atoms with Crippen molar-refractivity contribution in [1.29, 1.82) is 5.26 Å². The molecule has 1 aromatic carbocycles. The van der Waals surface area contributed by atoms with E-state index in [1.165, 1.54) is 0 Å². The summed E-state index contributed by atoms with van der Waals surface area (Å²) in [4.78, 5) is 11.0. The highest BCUT2D eigenvalue weighted by atomic mass is 19.1. The van der Waals surface area contributed by atoms with Crippen molar-refractivity contribution in [3.63, 3.8) is 0 Å². The second-order valence-electron chi connectivity index (χ2n) is 4.34. The molecule has 0 saturated carbocycles. The quantitative estimate of drug-likeness (QED) is 0.681. The second kappa shape index (κ2) is 4.73. The SMILES string of the molecule is [B]c1cc(C(N)=O)c(F)c([B])c1NC(C)(C)C#N. The van der Waals surface area contributed by atoms with Gasteiger partial charge in [-0.05, 0) is 19.3 Å². The van der Waals surface area contributed by atoms with Gasteiger partial charge in [0.05, 0.1) is 11.6 Å². The molecule has 88 valence electrons. The van der Waals surface area contributed by atoms with E-state index in [1.54, 1.807) is 13.8 Å². The lowest BCUT2D eigenvalue weighted by Crippen LogP contribution is -2.37. The second-order valence-corrected chi connectivity index (χ2v) is 4.34. The van der Waals surface area contributed by atoms with Crippen LogP contribution in [0.1, 0.15) is 24.2 Å². The number of rotatable bonds is 3. The molecule has 0 unspecified atom stereocenters. The van der Waals surface area contributed by atoms with E-state index in [9.17, 15) is 9.18 Å². The van der Waals surface area contributed by atoms with E-state index in [-0.39, 0.29) is 22.2 Å². The van der Waals surface area contributed by atoms with Gasteiger partial charge in [-0.1, -0.05) is 11.5 Å². The minimum atomic E-state index is -0.983. The van der Waals surface area contributed by atoms with Crippen LogP contribution in [0, 0.1) is 17.1 Å². The first-order valence-corrected chi connectivity index (χ1v) is 5.06. The number of amides is 1. The summed E-state index contributed by atoms with van der Waals surface area (Å²) in [6, 6.07) is 3.05. The molecule has 1 aromatic rings. The number of hydrogen-bond acceptors (Lipinski definition) is 3. The predicted molar refractivity (Wildman–Crippen MR) is 69.0 cm³/mol. The fourth-order valence-electron chi connectivity index (χ4n) is 1.36. The van der Waals surface area contributed by atoms with Crippen molar-refractivity contribution < 1.29 is 9.18 Å². The molecule has 0 aliphatic rings. The van der Waals surface area contributed by atoms with E-state index in [1.807, 2.05) is 6.07 Å². The van der Waals surface area contributed by atoms with Crippen molar-refractivity contribution in [2.75, 3.05) is 5.32 Å². The first kappa shape index (κ1) is 14.1. The number of carbonyl (C=O) groups excluding carboxylic acids is 1. The number of benzene rings is 1. The van der Waals surface area contributed by atoms with Crippen molar-refractivity contribution in [3.05, 3.63) is 17.4 Å². The maximum Gasteiger partial charge on any atom is 0.251 e. The van der Waals surface area contributed by atoms with Crippen LogP contribution in [-0.2, 0) is 0 Å². The molecule has 0 atom stereocenters. The molecular weight excluding hydrogens is 231 g/mol. The minimum Gasteiger partial charge on any atom is -0.369 e. The third kappa shape index (κ3) is 2.65. The van der Waals surface area contributed by atoms with Crippen LogP contribution in [0.2, 0.25) is 0 Å². The van der Waals surface area contributed by atoms with Gasteiger partial charge in [-0.2, -0.15) is 5.26 Å². The van der Waals surface area contributed by atoms with E-state index in [2.05, 4.69) is 5.32 Å². The molecule has 1 amide bonds. The topological polar surface area (TPSA) is 78.9 Å². The van der Waals surface area contributed by atoms with Gasteiger partial charge in [0.1, 0.15) is 27.0 Å². The number of carbonyl (C=O) groups is 1. The smallest absolute Gasteiger partial charge is 0.251 e. The zero-order chi connectivity index (χ0) is 14.1. The largest absolute Gasteiger partial charge is 0.369 e. The Morgan fingerprint density at radius 3 is 2.56 bits per heavy atom. The van der Waals surface area contributed by atoms with Gasteiger partial charge in [-0.25, -0.2) is 4.39 Å². The Hall–Kier alpha value is -1.96. The Morgan fingerprint density at radius 2 is 2.11 bits per heavy atom. The van der Waals surface area contributed by atoms with Crippen LogP contribution in [0.25, 0.3) is 0 Å². The van der Waals surface area contributed by atoms with Crippen molar-refractivity contribution in [3.8, 4) is 6.07 Å². The van der Waals surface area contributed by atoms with Crippen LogP contribution >= 0.6 is 0 Å². The fraction of sp³-hybridized carbons (Fsp3) is 0.273. The molecule has 7 heteroatoms. The number of nitrogens with zero attached hydrogens (tertiary/aromatic N) is 1. The standard InChI is InChI=1S/C11H10B2FN3O/c1-11(2,4-15)17-9-6(12)3-5(10(16)18)8(14)7(9)13/h3,17H,1-2H3,(H2,16,18). The molecule has 4 nitrogen and oxygen atoms in total. The number of nitrogens with one attached hydrogen (secondary N) is 1. The highest BCUT2D eigenvalue weighted by molar-refractivity contribution is 6.44. The fourth-order valence-corrected chi connectivity index (χ4v) is 1.36. The van der Waals surface area contributed by atoms with E-state index in [0.717, 1.165) is 6.07 Å². The van der Waals surface area contributed by atoms with Crippen molar-refractivity contribution in [2.24, 2.45) is 5.73 Å². The number of anilines is 1. The number of hydrogen-bond donors (Lipinski definition) is 2. The van der Waals surface area contributed by atoms with Crippen LogP contribution in [0.3, 0.4) is 0 Å². The Morgan fingerprint density at radius 1 is 1.56 bits per heavy atom. The summed E-state index contributed by atoms with van der Waals surface area (Å²) in [5, 5.41) is 11.6. The summed E-state index contributed by atoms with van der Waals surface area (Å²) >= 11 is 0. The van der Waals surface area contributed by atoms with Gasteiger partial charge in [-0.15, -0.1) is 0 Å². The number of nitrogens with two attached hydrogens (primary N) is 1. The van der Waals surface area contributed by atoms with Gasteiger partial charge < -0.3 is 11.1 Å². The molecule has 0 aromatic heterocycles. The third-order valence-electron chi connectivity index (χ3n) is 2.31. The maximum absolute atomic E-state index is 13.8. The first-order chi connectivity index (χ1) is 8.19. The lowest BCUT2D eigenvalue weighted by atomic mass is 9.81. The van der Waals surface area contributed by atoms with Gasteiger partial charge in [0.25, 0.3) is 5.91 Å². The number of nitriles is 1. The summed E-state index contributed by atoms with van der Waals surface area (Å²) < 4.78 is 13.8. The monoisotopic (exact) mass is 241 g/mol. The van der Waals surface area contributed by atoms with E-state index >= 15 is 0 Å². The summed E-state index contributed by atoms with van der Waals surface area (Å²) in [6.45, 7) is 3.15. The highest BCUT2D eigenvalue weighted by Crippen LogP contribution is 2.13. The molecule has 1 rings (SSSR count). The molecule has 0 aliphatic heterocycles. The van der Waals surface area contributed by atoms with Crippen molar-refractivity contribution >= 4 is 38.2 Å². The lowest BCUT2D eigenvalue weighted by Gasteiger charge is -2.24. The van der Waals surface area contributed by atoms with E-state index < -0.39 is 17.3 Å². The van der Waals surface area contributed by atoms with Crippen LogP contribution < -0.4 is 22.0 Å². The first-order valence-electron chi connectivity index (χ1n) is 5.06. The molecule has 0 saturated heterocycles. The van der Waals surface area contributed by atoms with Gasteiger partial charge in [0.15, 0.2) is 0 Å². The third-order valence-corrected chi connectivity index (χ3v) is 2.31. The van der Waals surface area contributed by atoms with Crippen LogP contribution in [0.4, 0.5) is 10.1 Å². The van der Waals surface area contributed by atoms with Gasteiger partial charge in [-0.3, -0.25) is 4.79 Å². The molecule has 0 bridgehead atoms. The van der Waals surface area contributed by atoms with Crippen LogP contribution in [-0.4, -0.2) is 27.1 Å². The Bertz CT molecular complexity index is 552. The van der Waals surface area contributed by atoms with Crippen molar-refractivity contribution in [1.82, 2.24) is 0 Å². The van der Waals surface area contributed by atoms with Crippen molar-refractivity contribution in [2.45, 2.75) is 19.4 Å². The lowest BCUT2D eigenvalue weighted by molar-refractivity contribution is 0.0997. The molecule has 18 heavy (non-hydrogen) atoms. The highest BCUT2D eigenvalue weighted by Gasteiger charge is 2.21. The maximum atomic E-state index is 13.8. The summed E-state index contributed by atoms with van der Waals surface area (Å²) in [7, 11) is 11.2. The molecule has 0 fully saturated rings. The number of primary amides is 1. The summed E-state index contributed by atoms with van der Waals surface area (Å²) in [6.07, 6.45) is 0. The van der Waals surface area contributed by atoms with Crippen LogP contribution in [0.15, 0.2) is 6.07 Å². The summed E-state index contributed by atoms with van der Waals surface area (Å²) in [5.41, 5.74) is 3.41. The molecule has 0 spiro atoms. The van der Waals surface area contributed by atoms with E-state index in [0.29, 0.717) is 0 Å². The zero-order valence-electron chi connectivity index (χ0n) is 10.0. The Kier molecular flexibility index (Phi) is 3.70. The zero-order valence-corrected chi connectivity index (χ0v) is 10.0. The van der Waals surface area contributed by atoms with Crippen LogP contribution in [0.5, 0.6) is 0 Å². The minimum absolute atomic E-state index is 0.0472. The van der Waals surface area contributed by atoms with Gasteiger partial charge in [0, 0.05) is 5.69 Å². The van der Waals surface area contributed by atoms with E-state index in [4.69, 9.17) is 26.7 Å². The molecule has 4 radical (unpaired) electrons. The Balaban J connectivity index is 3.37. The van der Waals surface area contributed by atoms with Gasteiger partial charge >= 0.3 is 0 Å². The normalized spacial score (nSPS) is 10.8. The summed E-state index contributed by atoms with van der Waals surface area (Å²) in [5.74, 6) is -1.91. The molecule has 3 N–H and O–H groups in total. The number of halogens is 1. The van der Waals surface area contributed by atoms with Gasteiger partial charge in [0.2, 0.25) is 0 Å².